The van der Waals surface area contributed by atoms with Gasteiger partial charge in [-0.2, -0.15) is 0 Å². The summed E-state index contributed by atoms with van der Waals surface area (Å²) in [7, 11) is 0. The Balaban J connectivity index is 1.65. The number of nitrogens with zero attached hydrogens (tertiary/aromatic N) is 3. The summed E-state index contributed by atoms with van der Waals surface area (Å²) in [5, 5.41) is 0. The van der Waals surface area contributed by atoms with Gasteiger partial charge in [0.15, 0.2) is 0 Å². The number of aromatic nitrogens is 2. The third-order valence-electron chi connectivity index (χ3n) is 4.54. The largest absolute Gasteiger partial charge is 0.307 e. The van der Waals surface area contributed by atoms with Crippen molar-refractivity contribution in [2.24, 2.45) is 5.92 Å². The molecule has 0 radical (unpaired) electrons. The van der Waals surface area contributed by atoms with Crippen molar-refractivity contribution in [2.45, 2.75) is 46.1 Å². The van der Waals surface area contributed by atoms with Gasteiger partial charge in [0, 0.05) is 18.4 Å². The van der Waals surface area contributed by atoms with E-state index in [-0.39, 0.29) is 0 Å². The maximum absolute atomic E-state index is 4.77. The molecular weight excluding hydrogens is 246 g/mol. The van der Waals surface area contributed by atoms with E-state index >= 15 is 0 Å². The highest BCUT2D eigenvalue weighted by molar-refractivity contribution is 5.42. The van der Waals surface area contributed by atoms with Crippen molar-refractivity contribution in [3.63, 3.8) is 0 Å². The Labute approximate surface area is 121 Å². The van der Waals surface area contributed by atoms with E-state index < -0.39 is 0 Å². The molecule has 1 saturated heterocycles. The van der Waals surface area contributed by atoms with Gasteiger partial charge in [-0.1, -0.05) is 0 Å². The summed E-state index contributed by atoms with van der Waals surface area (Å²) in [5.74, 6) is 0.802. The molecule has 0 aromatic carbocycles. The zero-order valence-electron chi connectivity index (χ0n) is 12.8. The smallest absolute Gasteiger partial charge is 0.137 e. The van der Waals surface area contributed by atoms with Crippen LogP contribution in [0.1, 0.15) is 37.9 Å². The first-order chi connectivity index (χ1) is 9.61. The first kappa shape index (κ1) is 13.6. The molecule has 1 aliphatic rings. The maximum atomic E-state index is 4.77. The first-order valence-electron chi connectivity index (χ1n) is 7.80. The molecule has 3 heterocycles. The number of pyridine rings is 1. The van der Waals surface area contributed by atoms with Crippen LogP contribution in [0, 0.1) is 12.8 Å². The fraction of sp³-hybridized carbons (Fsp3) is 0.588. The third-order valence-corrected chi connectivity index (χ3v) is 4.54. The van der Waals surface area contributed by atoms with Crippen molar-refractivity contribution >= 4 is 5.65 Å². The monoisotopic (exact) mass is 271 g/mol. The van der Waals surface area contributed by atoms with Gasteiger partial charge in [0.05, 0.1) is 5.69 Å². The van der Waals surface area contributed by atoms with Crippen molar-refractivity contribution in [1.29, 1.82) is 0 Å². The summed E-state index contributed by atoms with van der Waals surface area (Å²) in [6, 6.07) is 4.99. The molecule has 3 rings (SSSR count). The first-order valence-corrected chi connectivity index (χ1v) is 7.80. The Kier molecular flexibility index (Phi) is 3.79. The van der Waals surface area contributed by atoms with Gasteiger partial charge >= 0.3 is 0 Å². The van der Waals surface area contributed by atoms with Crippen LogP contribution in [0.15, 0.2) is 24.5 Å². The van der Waals surface area contributed by atoms with Gasteiger partial charge in [-0.25, -0.2) is 4.98 Å². The minimum absolute atomic E-state index is 0.689. The summed E-state index contributed by atoms with van der Waals surface area (Å²) >= 11 is 0. The zero-order chi connectivity index (χ0) is 14.1. The molecule has 2 aromatic rings. The van der Waals surface area contributed by atoms with Crippen LogP contribution in [0.5, 0.6) is 0 Å². The molecule has 3 heteroatoms. The highest BCUT2D eigenvalue weighted by Crippen LogP contribution is 2.22. The van der Waals surface area contributed by atoms with Gasteiger partial charge in [-0.05, 0) is 76.7 Å². The SMILES string of the molecule is Cc1ccn2cc(CC3CCN(C(C)C)CC3)nc2c1. The van der Waals surface area contributed by atoms with Crippen molar-refractivity contribution in [3.05, 3.63) is 35.8 Å². The molecule has 0 unspecified atom stereocenters. The molecule has 1 fully saturated rings. The van der Waals surface area contributed by atoms with Gasteiger partial charge in [-0.3, -0.25) is 0 Å². The predicted octanol–water partition coefficient (Wildman–Crippen LogP) is 3.31. The number of piperidine rings is 1. The van der Waals surface area contributed by atoms with E-state index in [1.807, 2.05) is 0 Å². The summed E-state index contributed by atoms with van der Waals surface area (Å²) in [4.78, 5) is 7.36. The van der Waals surface area contributed by atoms with Crippen LogP contribution in [-0.2, 0) is 6.42 Å². The van der Waals surface area contributed by atoms with E-state index in [4.69, 9.17) is 4.98 Å². The zero-order valence-corrected chi connectivity index (χ0v) is 12.8. The fourth-order valence-electron chi connectivity index (χ4n) is 3.20. The number of hydrogen-bond donors (Lipinski definition) is 0. The van der Waals surface area contributed by atoms with Gasteiger partial charge in [0.2, 0.25) is 0 Å². The molecule has 0 amide bonds. The molecule has 108 valence electrons. The van der Waals surface area contributed by atoms with E-state index in [1.165, 1.54) is 37.2 Å². The van der Waals surface area contributed by atoms with Gasteiger partial charge < -0.3 is 9.30 Å². The summed E-state index contributed by atoms with van der Waals surface area (Å²) < 4.78 is 2.14. The Hall–Kier alpha value is -1.35. The van der Waals surface area contributed by atoms with Crippen molar-refractivity contribution in [3.8, 4) is 0 Å². The van der Waals surface area contributed by atoms with E-state index in [1.54, 1.807) is 0 Å². The van der Waals surface area contributed by atoms with E-state index in [0.717, 1.165) is 18.0 Å². The van der Waals surface area contributed by atoms with E-state index in [0.29, 0.717) is 6.04 Å². The number of aryl methyl sites for hydroxylation is 1. The van der Waals surface area contributed by atoms with Crippen molar-refractivity contribution in [1.82, 2.24) is 14.3 Å². The number of likely N-dealkylation sites (tertiary alicyclic amines) is 1. The minimum Gasteiger partial charge on any atom is -0.307 e. The molecular formula is C17H25N3. The fourth-order valence-corrected chi connectivity index (χ4v) is 3.20. The Morgan fingerprint density at radius 3 is 2.75 bits per heavy atom. The van der Waals surface area contributed by atoms with Crippen LogP contribution < -0.4 is 0 Å². The molecule has 0 aliphatic carbocycles. The highest BCUT2D eigenvalue weighted by Gasteiger charge is 2.21. The molecule has 0 N–H and O–H groups in total. The normalized spacial score (nSPS) is 18.2. The lowest BCUT2D eigenvalue weighted by Crippen LogP contribution is -2.38. The van der Waals surface area contributed by atoms with E-state index in [2.05, 4.69) is 54.6 Å². The van der Waals surface area contributed by atoms with Gasteiger partial charge in [-0.15, -0.1) is 0 Å². The molecule has 0 saturated carbocycles. The number of fused-ring (bicyclic) bond motifs is 1. The van der Waals surface area contributed by atoms with Crippen LogP contribution in [0.2, 0.25) is 0 Å². The average molecular weight is 271 g/mol. The Bertz CT molecular complexity index is 577. The minimum atomic E-state index is 0.689. The molecule has 0 atom stereocenters. The number of hydrogen-bond acceptors (Lipinski definition) is 2. The highest BCUT2D eigenvalue weighted by atomic mass is 15.1. The second-order valence-corrected chi connectivity index (χ2v) is 6.48. The quantitative estimate of drug-likeness (QED) is 0.854. The maximum Gasteiger partial charge on any atom is 0.137 e. The molecule has 3 nitrogen and oxygen atoms in total. The lowest BCUT2D eigenvalue weighted by Gasteiger charge is -2.34. The van der Waals surface area contributed by atoms with Crippen LogP contribution in [0.4, 0.5) is 0 Å². The second-order valence-electron chi connectivity index (χ2n) is 6.48. The molecule has 1 aliphatic heterocycles. The molecule has 20 heavy (non-hydrogen) atoms. The summed E-state index contributed by atoms with van der Waals surface area (Å²) in [6.07, 6.45) is 8.06. The lowest BCUT2D eigenvalue weighted by molar-refractivity contribution is 0.149. The van der Waals surface area contributed by atoms with Crippen molar-refractivity contribution < 1.29 is 0 Å². The Morgan fingerprint density at radius 1 is 1.30 bits per heavy atom. The van der Waals surface area contributed by atoms with Crippen LogP contribution in [-0.4, -0.2) is 33.4 Å². The van der Waals surface area contributed by atoms with E-state index in [9.17, 15) is 0 Å². The molecule has 0 spiro atoms. The Morgan fingerprint density at radius 2 is 2.05 bits per heavy atom. The summed E-state index contributed by atoms with van der Waals surface area (Å²) in [6.45, 7) is 9.20. The molecule has 0 bridgehead atoms. The molecule has 2 aromatic heterocycles. The van der Waals surface area contributed by atoms with Crippen molar-refractivity contribution in [2.75, 3.05) is 13.1 Å². The topological polar surface area (TPSA) is 20.5 Å². The van der Waals surface area contributed by atoms with Gasteiger partial charge in [0.25, 0.3) is 0 Å². The van der Waals surface area contributed by atoms with Gasteiger partial charge in [0.1, 0.15) is 5.65 Å². The van der Waals surface area contributed by atoms with Crippen LogP contribution in [0.3, 0.4) is 0 Å². The number of imidazole rings is 1. The number of rotatable bonds is 3. The van der Waals surface area contributed by atoms with Crippen LogP contribution in [0.25, 0.3) is 5.65 Å². The second kappa shape index (κ2) is 5.57. The predicted molar refractivity (Wildman–Crippen MR) is 83.1 cm³/mol. The average Bonchev–Trinajstić information content (AvgIpc) is 2.80. The lowest BCUT2D eigenvalue weighted by atomic mass is 9.92. The summed E-state index contributed by atoms with van der Waals surface area (Å²) in [5.41, 5.74) is 3.61. The third kappa shape index (κ3) is 2.88. The van der Waals surface area contributed by atoms with Crippen LogP contribution >= 0.6 is 0 Å². The standard InChI is InChI=1S/C17H25N3/c1-13(2)19-8-5-15(6-9-19)11-16-12-20-7-4-14(3)10-17(20)18-16/h4,7,10,12-13,15H,5-6,8-9,11H2,1-3H3.